The Morgan fingerprint density at radius 1 is 1.41 bits per heavy atom. The van der Waals surface area contributed by atoms with Gasteiger partial charge >= 0.3 is 5.97 Å². The Kier molecular flexibility index (Phi) is 3.35. The second kappa shape index (κ2) is 4.93. The van der Waals surface area contributed by atoms with Gasteiger partial charge in [-0.1, -0.05) is 18.2 Å². The molecule has 0 aliphatic carbocycles. The fourth-order valence-electron chi connectivity index (χ4n) is 1.81. The summed E-state index contributed by atoms with van der Waals surface area (Å²) in [5.74, 6) is -0.983. The predicted molar refractivity (Wildman–Crippen MR) is 63.7 cm³/mol. The summed E-state index contributed by atoms with van der Waals surface area (Å²) in [6.45, 7) is 2.13. The van der Waals surface area contributed by atoms with Gasteiger partial charge in [-0.3, -0.25) is 4.98 Å². The molecule has 0 bridgehead atoms. The largest absolute Gasteiger partial charge is 0.479 e. The van der Waals surface area contributed by atoms with Gasteiger partial charge in [0.2, 0.25) is 0 Å². The van der Waals surface area contributed by atoms with Crippen molar-refractivity contribution in [2.45, 2.75) is 13.0 Å². The summed E-state index contributed by atoms with van der Waals surface area (Å²) < 4.78 is 5.27. The van der Waals surface area contributed by atoms with E-state index in [4.69, 9.17) is 4.74 Å². The quantitative estimate of drug-likeness (QED) is 0.877. The van der Waals surface area contributed by atoms with E-state index in [0.717, 1.165) is 10.9 Å². The van der Waals surface area contributed by atoms with Crippen molar-refractivity contribution in [2.24, 2.45) is 0 Å². The standard InChI is InChI=1S/C13H13NO3/c1-2-17-12(13(15)16)10-7-8-14-11-6-4-3-5-9(10)11/h3-8,12H,2H2,1H3,(H,15,16). The van der Waals surface area contributed by atoms with Crippen LogP contribution in [0.15, 0.2) is 36.5 Å². The molecule has 0 saturated heterocycles. The van der Waals surface area contributed by atoms with Crippen LogP contribution in [-0.4, -0.2) is 22.7 Å². The zero-order valence-corrected chi connectivity index (χ0v) is 9.46. The van der Waals surface area contributed by atoms with Crippen molar-refractivity contribution in [3.63, 3.8) is 0 Å². The second-order valence-corrected chi connectivity index (χ2v) is 3.59. The topological polar surface area (TPSA) is 59.4 Å². The molecular formula is C13H13NO3. The Hall–Kier alpha value is -1.94. The number of ether oxygens (including phenoxy) is 1. The zero-order valence-electron chi connectivity index (χ0n) is 9.46. The van der Waals surface area contributed by atoms with Crippen molar-refractivity contribution in [2.75, 3.05) is 6.61 Å². The highest BCUT2D eigenvalue weighted by molar-refractivity contribution is 5.87. The van der Waals surface area contributed by atoms with E-state index in [1.165, 1.54) is 0 Å². The van der Waals surface area contributed by atoms with E-state index in [9.17, 15) is 9.90 Å². The van der Waals surface area contributed by atoms with Crippen LogP contribution in [0.1, 0.15) is 18.6 Å². The number of para-hydroxylation sites is 1. The summed E-state index contributed by atoms with van der Waals surface area (Å²) in [6, 6.07) is 9.13. The number of hydrogen-bond donors (Lipinski definition) is 1. The molecule has 17 heavy (non-hydrogen) atoms. The molecule has 0 saturated carbocycles. The molecule has 1 aromatic carbocycles. The molecule has 0 spiro atoms. The smallest absolute Gasteiger partial charge is 0.337 e. The number of hydrogen-bond acceptors (Lipinski definition) is 3. The number of pyridine rings is 1. The molecule has 1 unspecified atom stereocenters. The molecule has 1 heterocycles. The molecule has 1 N–H and O–H groups in total. The van der Waals surface area contributed by atoms with Crippen molar-refractivity contribution in [3.8, 4) is 0 Å². The Morgan fingerprint density at radius 2 is 2.18 bits per heavy atom. The highest BCUT2D eigenvalue weighted by atomic mass is 16.5. The van der Waals surface area contributed by atoms with Crippen LogP contribution in [0.4, 0.5) is 0 Å². The predicted octanol–water partition coefficient (Wildman–Crippen LogP) is 2.40. The number of aliphatic carboxylic acids is 1. The fourth-order valence-corrected chi connectivity index (χ4v) is 1.81. The normalized spacial score (nSPS) is 12.5. The highest BCUT2D eigenvalue weighted by Crippen LogP contribution is 2.25. The highest BCUT2D eigenvalue weighted by Gasteiger charge is 2.22. The van der Waals surface area contributed by atoms with Crippen LogP contribution in [0.5, 0.6) is 0 Å². The van der Waals surface area contributed by atoms with Crippen molar-refractivity contribution >= 4 is 16.9 Å². The van der Waals surface area contributed by atoms with Crippen LogP contribution in [0.3, 0.4) is 0 Å². The van der Waals surface area contributed by atoms with E-state index in [1.807, 2.05) is 24.3 Å². The van der Waals surface area contributed by atoms with Gasteiger partial charge in [0, 0.05) is 23.8 Å². The molecule has 2 rings (SSSR count). The second-order valence-electron chi connectivity index (χ2n) is 3.59. The molecule has 1 atom stereocenters. The first-order chi connectivity index (χ1) is 8.24. The number of carboxylic acids is 1. The molecule has 0 aliphatic heterocycles. The van der Waals surface area contributed by atoms with E-state index in [1.54, 1.807) is 19.2 Å². The number of benzene rings is 1. The molecule has 1 aromatic heterocycles. The summed E-state index contributed by atoms with van der Waals surface area (Å²) in [5.41, 5.74) is 1.42. The lowest BCUT2D eigenvalue weighted by molar-refractivity contribution is -0.150. The van der Waals surface area contributed by atoms with E-state index >= 15 is 0 Å². The number of nitrogens with zero attached hydrogens (tertiary/aromatic N) is 1. The number of carbonyl (C=O) groups is 1. The van der Waals surface area contributed by atoms with Crippen LogP contribution < -0.4 is 0 Å². The van der Waals surface area contributed by atoms with Crippen LogP contribution in [0.2, 0.25) is 0 Å². The third kappa shape index (κ3) is 2.26. The maximum absolute atomic E-state index is 11.2. The van der Waals surface area contributed by atoms with Crippen LogP contribution >= 0.6 is 0 Å². The molecule has 0 aliphatic rings. The van der Waals surface area contributed by atoms with Gasteiger partial charge < -0.3 is 9.84 Å². The first kappa shape index (κ1) is 11.5. The van der Waals surface area contributed by atoms with Crippen LogP contribution in [-0.2, 0) is 9.53 Å². The van der Waals surface area contributed by atoms with E-state index < -0.39 is 12.1 Å². The lowest BCUT2D eigenvalue weighted by Gasteiger charge is -2.14. The first-order valence-corrected chi connectivity index (χ1v) is 5.42. The Bertz CT molecular complexity index is 534. The minimum atomic E-state index is -0.983. The fraction of sp³-hybridized carbons (Fsp3) is 0.231. The third-order valence-electron chi connectivity index (χ3n) is 2.52. The minimum absolute atomic E-state index is 0.355. The zero-order chi connectivity index (χ0) is 12.3. The van der Waals surface area contributed by atoms with Crippen molar-refractivity contribution in [3.05, 3.63) is 42.1 Å². The number of aromatic nitrogens is 1. The van der Waals surface area contributed by atoms with Crippen molar-refractivity contribution in [1.82, 2.24) is 4.98 Å². The van der Waals surface area contributed by atoms with Crippen molar-refractivity contribution < 1.29 is 14.6 Å². The molecule has 88 valence electrons. The Morgan fingerprint density at radius 3 is 2.88 bits per heavy atom. The van der Waals surface area contributed by atoms with Gasteiger partial charge in [0.25, 0.3) is 0 Å². The van der Waals surface area contributed by atoms with E-state index in [2.05, 4.69) is 4.98 Å². The summed E-state index contributed by atoms with van der Waals surface area (Å²) in [6.07, 6.45) is 0.667. The van der Waals surface area contributed by atoms with Gasteiger partial charge in [-0.25, -0.2) is 4.79 Å². The molecule has 0 amide bonds. The monoisotopic (exact) mass is 231 g/mol. The molecule has 4 heteroatoms. The van der Waals surface area contributed by atoms with Crippen molar-refractivity contribution in [1.29, 1.82) is 0 Å². The average molecular weight is 231 g/mol. The Balaban J connectivity index is 2.56. The van der Waals surface area contributed by atoms with Gasteiger partial charge in [-0.2, -0.15) is 0 Å². The van der Waals surface area contributed by atoms with E-state index in [0.29, 0.717) is 12.2 Å². The molecule has 2 aromatic rings. The number of rotatable bonds is 4. The molecule has 0 fully saturated rings. The average Bonchev–Trinajstić information content (AvgIpc) is 2.35. The number of carboxylic acid groups (broad SMARTS) is 1. The SMILES string of the molecule is CCOC(C(=O)O)c1ccnc2ccccc12. The van der Waals surface area contributed by atoms with Gasteiger partial charge in [0.1, 0.15) is 0 Å². The third-order valence-corrected chi connectivity index (χ3v) is 2.52. The summed E-state index contributed by atoms with van der Waals surface area (Å²) in [4.78, 5) is 15.4. The van der Waals surface area contributed by atoms with E-state index in [-0.39, 0.29) is 0 Å². The molecule has 0 radical (unpaired) electrons. The van der Waals surface area contributed by atoms with Gasteiger partial charge in [-0.15, -0.1) is 0 Å². The maximum atomic E-state index is 11.2. The van der Waals surface area contributed by atoms with Gasteiger partial charge in [-0.05, 0) is 19.1 Å². The number of fused-ring (bicyclic) bond motifs is 1. The lowest BCUT2D eigenvalue weighted by Crippen LogP contribution is -2.15. The lowest BCUT2D eigenvalue weighted by atomic mass is 10.0. The van der Waals surface area contributed by atoms with Crippen LogP contribution in [0, 0.1) is 0 Å². The first-order valence-electron chi connectivity index (χ1n) is 5.42. The summed E-state index contributed by atoms with van der Waals surface area (Å²) >= 11 is 0. The Labute approximate surface area is 98.9 Å². The minimum Gasteiger partial charge on any atom is -0.479 e. The summed E-state index contributed by atoms with van der Waals surface area (Å²) in [5, 5.41) is 9.99. The van der Waals surface area contributed by atoms with Gasteiger partial charge in [0.05, 0.1) is 5.52 Å². The van der Waals surface area contributed by atoms with Gasteiger partial charge in [0.15, 0.2) is 6.10 Å². The van der Waals surface area contributed by atoms with Crippen LogP contribution in [0.25, 0.3) is 10.9 Å². The summed E-state index contributed by atoms with van der Waals surface area (Å²) in [7, 11) is 0. The molecule has 4 nitrogen and oxygen atoms in total. The molecular weight excluding hydrogens is 218 g/mol. The maximum Gasteiger partial charge on any atom is 0.337 e.